The number of benzene rings is 2. The lowest BCUT2D eigenvalue weighted by Crippen LogP contribution is -2.26. The van der Waals surface area contributed by atoms with E-state index in [1.807, 2.05) is 78.0 Å². The van der Waals surface area contributed by atoms with Gasteiger partial charge in [-0.05, 0) is 67.5 Å². The fourth-order valence-corrected chi connectivity index (χ4v) is 4.89. The summed E-state index contributed by atoms with van der Waals surface area (Å²) in [7, 11) is 0. The zero-order chi connectivity index (χ0) is 28.8. The van der Waals surface area contributed by atoms with Crippen molar-refractivity contribution in [3.05, 3.63) is 70.5 Å². The molecule has 0 aliphatic carbocycles. The van der Waals surface area contributed by atoms with Crippen LogP contribution in [-0.4, -0.2) is 36.2 Å². The van der Waals surface area contributed by atoms with Crippen molar-refractivity contribution in [1.29, 1.82) is 0 Å². The van der Waals surface area contributed by atoms with Crippen molar-refractivity contribution in [2.24, 2.45) is 5.92 Å². The maximum Gasteiger partial charge on any atom is 0.223 e. The number of Topliss-reactive ketones (excluding diaryl/α,β-unsaturated/α-hetero) is 1. The molecule has 1 fully saturated rings. The largest absolute Gasteiger partial charge is 0.369 e. The lowest BCUT2D eigenvalue weighted by atomic mass is 9.93. The number of carbonyl (C=O) groups excluding carboxylic acids is 2. The molecule has 1 aliphatic heterocycles. The Kier molecular flexibility index (Phi) is 14.6. The van der Waals surface area contributed by atoms with Gasteiger partial charge in [0, 0.05) is 44.2 Å². The summed E-state index contributed by atoms with van der Waals surface area (Å²) in [6, 6.07) is 11.0. The minimum absolute atomic E-state index is 0.0124. The Morgan fingerprint density at radius 1 is 1.08 bits per heavy atom. The lowest BCUT2D eigenvalue weighted by molar-refractivity contribution is -0.125. The number of anilines is 1. The van der Waals surface area contributed by atoms with Gasteiger partial charge in [0.1, 0.15) is 5.82 Å². The van der Waals surface area contributed by atoms with Gasteiger partial charge in [0.2, 0.25) is 5.91 Å². The van der Waals surface area contributed by atoms with E-state index in [1.165, 1.54) is 6.07 Å². The Bertz CT molecular complexity index is 1080. The molecule has 0 radical (unpaired) electrons. The van der Waals surface area contributed by atoms with Crippen LogP contribution < -0.4 is 4.90 Å². The number of ketones is 1. The summed E-state index contributed by atoms with van der Waals surface area (Å²) in [5, 5.41) is 0. The van der Waals surface area contributed by atoms with E-state index in [0.717, 1.165) is 49.2 Å². The predicted molar refractivity (Wildman–Crippen MR) is 160 cm³/mol. The Labute approximate surface area is 230 Å². The summed E-state index contributed by atoms with van der Waals surface area (Å²) in [4.78, 5) is 29.1. The highest BCUT2D eigenvalue weighted by Crippen LogP contribution is 2.28. The number of hydrogen-bond donors (Lipinski definition) is 0. The zero-order valence-electron chi connectivity index (χ0n) is 25.2. The van der Waals surface area contributed by atoms with Crippen molar-refractivity contribution < 1.29 is 14.0 Å². The van der Waals surface area contributed by atoms with Crippen LogP contribution in [0.5, 0.6) is 0 Å². The van der Waals surface area contributed by atoms with Crippen molar-refractivity contribution in [1.82, 2.24) is 4.90 Å². The summed E-state index contributed by atoms with van der Waals surface area (Å²) >= 11 is 0. The first-order chi connectivity index (χ1) is 18.3. The van der Waals surface area contributed by atoms with Crippen molar-refractivity contribution in [2.75, 3.05) is 24.5 Å². The number of allylic oxidation sites excluding steroid dienone is 1. The van der Waals surface area contributed by atoms with Crippen LogP contribution in [0.15, 0.2) is 42.5 Å². The molecule has 0 aromatic heterocycles. The van der Waals surface area contributed by atoms with Crippen molar-refractivity contribution >= 4 is 23.1 Å². The summed E-state index contributed by atoms with van der Waals surface area (Å²) in [6.07, 6.45) is 4.83. The first kappa shape index (κ1) is 33.1. The van der Waals surface area contributed by atoms with E-state index in [-0.39, 0.29) is 23.9 Å². The number of nitrogens with zero attached hydrogens (tertiary/aromatic N) is 2. The quantitative estimate of drug-likeness (QED) is 0.310. The third kappa shape index (κ3) is 8.54. The molecule has 3 rings (SSSR count). The molecule has 0 saturated carbocycles. The van der Waals surface area contributed by atoms with E-state index < -0.39 is 0 Å². The number of rotatable bonds is 9. The monoisotopic (exact) mass is 524 g/mol. The number of aryl methyl sites for hydroxylation is 1. The molecule has 0 N–H and O–H groups in total. The van der Waals surface area contributed by atoms with Crippen LogP contribution in [0, 0.1) is 11.7 Å². The molecule has 2 aromatic carbocycles. The molecule has 1 unspecified atom stereocenters. The molecule has 0 bridgehead atoms. The SMILES string of the molecule is C/C=C(/c1ccc(C(=O)Cc2ccc(N3CCC(C)C3)c(F)c2)c(CCC)c1)N(CC)C(C)=O.CC.CC. The third-order valence-electron chi connectivity index (χ3n) is 6.62. The van der Waals surface area contributed by atoms with Crippen molar-refractivity contribution in [2.45, 2.75) is 88.0 Å². The topological polar surface area (TPSA) is 40.6 Å². The Morgan fingerprint density at radius 3 is 2.26 bits per heavy atom. The fraction of sp³-hybridized carbons (Fsp3) is 0.515. The molecule has 5 heteroatoms. The number of halogens is 1. The van der Waals surface area contributed by atoms with Gasteiger partial charge < -0.3 is 9.80 Å². The molecular weight excluding hydrogens is 475 g/mol. The van der Waals surface area contributed by atoms with Crippen molar-refractivity contribution in [3.63, 3.8) is 0 Å². The van der Waals surface area contributed by atoms with E-state index in [4.69, 9.17) is 0 Å². The van der Waals surface area contributed by atoms with E-state index in [2.05, 4.69) is 18.7 Å². The van der Waals surface area contributed by atoms with Crippen LogP contribution in [0.2, 0.25) is 0 Å². The van der Waals surface area contributed by atoms with Gasteiger partial charge >= 0.3 is 0 Å². The van der Waals surface area contributed by atoms with Gasteiger partial charge in [0.15, 0.2) is 5.78 Å². The maximum atomic E-state index is 14.8. The smallest absolute Gasteiger partial charge is 0.223 e. The van der Waals surface area contributed by atoms with E-state index in [0.29, 0.717) is 29.3 Å². The minimum Gasteiger partial charge on any atom is -0.369 e. The zero-order valence-corrected chi connectivity index (χ0v) is 25.2. The van der Waals surface area contributed by atoms with Crippen LogP contribution in [0.25, 0.3) is 5.70 Å². The molecule has 1 amide bonds. The fourth-order valence-electron chi connectivity index (χ4n) is 4.89. The number of carbonyl (C=O) groups is 2. The van der Waals surface area contributed by atoms with Crippen LogP contribution in [0.1, 0.15) is 102 Å². The van der Waals surface area contributed by atoms with Crippen LogP contribution in [-0.2, 0) is 17.6 Å². The summed E-state index contributed by atoms with van der Waals surface area (Å²) in [5.74, 6) is 0.285. The predicted octanol–water partition coefficient (Wildman–Crippen LogP) is 8.33. The number of amides is 1. The molecule has 210 valence electrons. The third-order valence-corrected chi connectivity index (χ3v) is 6.62. The van der Waals surface area contributed by atoms with Gasteiger partial charge in [0.25, 0.3) is 0 Å². The Balaban J connectivity index is 0.00000172. The summed E-state index contributed by atoms with van der Waals surface area (Å²) in [5.41, 5.74) is 4.72. The highest BCUT2D eigenvalue weighted by Gasteiger charge is 2.22. The summed E-state index contributed by atoms with van der Waals surface area (Å²) < 4.78 is 14.8. The molecule has 38 heavy (non-hydrogen) atoms. The second-order valence-corrected chi connectivity index (χ2v) is 9.28. The Hall–Kier alpha value is -2.95. The second kappa shape index (κ2) is 16.8. The van der Waals surface area contributed by atoms with Crippen LogP contribution >= 0.6 is 0 Å². The normalized spacial score (nSPS) is 14.7. The average molecular weight is 525 g/mol. The minimum atomic E-state index is -0.259. The molecule has 1 saturated heterocycles. The van der Waals surface area contributed by atoms with Crippen LogP contribution in [0.3, 0.4) is 0 Å². The van der Waals surface area contributed by atoms with E-state index in [1.54, 1.807) is 11.8 Å². The Morgan fingerprint density at radius 2 is 1.76 bits per heavy atom. The lowest BCUT2D eigenvalue weighted by Gasteiger charge is -2.23. The maximum absolute atomic E-state index is 14.8. The molecule has 4 nitrogen and oxygen atoms in total. The standard InChI is InChI=1S/C29H37FN2O2.2C2H6/c1-6-9-23-18-24(27(7-2)32(8-3)21(5)33)11-12-25(23)29(34)17-22-10-13-28(26(30)16-22)31-15-14-20(4)19-31;2*1-2/h7,10-13,16,18,20H,6,8-9,14-15,17,19H2,1-5H3;2*1-2H3/b27-7-;;. The molecule has 1 heterocycles. The first-order valence-electron chi connectivity index (χ1n) is 14.4. The second-order valence-electron chi connectivity index (χ2n) is 9.28. The van der Waals surface area contributed by atoms with E-state index in [9.17, 15) is 14.0 Å². The average Bonchev–Trinajstić information content (AvgIpc) is 3.35. The van der Waals surface area contributed by atoms with Crippen molar-refractivity contribution in [3.8, 4) is 0 Å². The number of hydrogen-bond acceptors (Lipinski definition) is 3. The molecule has 1 aliphatic rings. The highest BCUT2D eigenvalue weighted by molar-refractivity contribution is 5.99. The molecular formula is C33H49FN2O2. The van der Waals surface area contributed by atoms with Gasteiger partial charge in [-0.25, -0.2) is 4.39 Å². The van der Waals surface area contributed by atoms with Crippen LogP contribution in [0.4, 0.5) is 10.1 Å². The van der Waals surface area contributed by atoms with Gasteiger partial charge in [-0.15, -0.1) is 0 Å². The van der Waals surface area contributed by atoms with Gasteiger partial charge in [-0.1, -0.05) is 72.2 Å². The molecule has 1 atom stereocenters. The molecule has 2 aromatic rings. The molecule has 0 spiro atoms. The first-order valence-corrected chi connectivity index (χ1v) is 14.4. The van der Waals surface area contributed by atoms with E-state index >= 15 is 0 Å². The summed E-state index contributed by atoms with van der Waals surface area (Å²) in [6.45, 7) is 20.0. The van der Waals surface area contributed by atoms with Gasteiger partial charge in [-0.3, -0.25) is 9.59 Å². The van der Waals surface area contributed by atoms with Gasteiger partial charge in [0.05, 0.1) is 5.69 Å². The van der Waals surface area contributed by atoms with Gasteiger partial charge in [-0.2, -0.15) is 0 Å². The highest BCUT2D eigenvalue weighted by atomic mass is 19.1.